The van der Waals surface area contributed by atoms with Gasteiger partial charge in [0.25, 0.3) is 0 Å². The first kappa shape index (κ1) is 13.7. The molecule has 0 fully saturated rings. The van der Waals surface area contributed by atoms with Crippen molar-refractivity contribution in [3.05, 3.63) is 62.9 Å². The third-order valence-corrected chi connectivity index (χ3v) is 2.90. The summed E-state index contributed by atoms with van der Waals surface area (Å²) in [4.78, 5) is 23.7. The molecule has 2 rings (SSSR count). The van der Waals surface area contributed by atoms with Crippen LogP contribution in [0.5, 0.6) is 5.75 Å². The molecule has 0 radical (unpaired) electrons. The van der Waals surface area contributed by atoms with E-state index in [0.717, 1.165) is 11.3 Å². The van der Waals surface area contributed by atoms with Crippen LogP contribution in [0.4, 0.5) is 0 Å². The number of ether oxygens (including phenoxy) is 1. The van der Waals surface area contributed by atoms with Gasteiger partial charge in [0.2, 0.25) is 0 Å². The Morgan fingerprint density at radius 3 is 2.30 bits per heavy atom. The lowest BCUT2D eigenvalue weighted by Crippen LogP contribution is -2.40. The summed E-state index contributed by atoms with van der Waals surface area (Å²) in [6.07, 6.45) is 8.22. The van der Waals surface area contributed by atoms with Gasteiger partial charge in [0, 0.05) is 12.4 Å². The maximum atomic E-state index is 11.9. The zero-order valence-electron chi connectivity index (χ0n) is 11.1. The topological polar surface area (TPSA) is 53.2 Å². The number of nitrogens with zero attached hydrogens (tertiary/aromatic N) is 2. The molecule has 0 aliphatic carbocycles. The molecule has 0 bridgehead atoms. The van der Waals surface area contributed by atoms with Crippen molar-refractivity contribution in [2.45, 2.75) is 13.1 Å². The SMILES string of the molecule is C#CCn1ccn(Cc2ccc(OC)cc2)c(=O)c1=O. The van der Waals surface area contributed by atoms with E-state index < -0.39 is 11.1 Å². The lowest BCUT2D eigenvalue weighted by molar-refractivity contribution is 0.414. The average Bonchev–Trinajstić information content (AvgIpc) is 2.48. The predicted octanol–water partition coefficient (Wildman–Crippen LogP) is 0.700. The minimum Gasteiger partial charge on any atom is -0.497 e. The van der Waals surface area contributed by atoms with Crippen LogP contribution in [-0.2, 0) is 13.1 Å². The van der Waals surface area contributed by atoms with Crippen LogP contribution in [0.1, 0.15) is 5.56 Å². The highest BCUT2D eigenvalue weighted by Gasteiger charge is 2.05. The Bertz CT molecular complexity index is 748. The number of hydrogen-bond donors (Lipinski definition) is 0. The number of methoxy groups -OCH3 is 1. The van der Waals surface area contributed by atoms with Gasteiger partial charge in [0.1, 0.15) is 5.75 Å². The Balaban J connectivity index is 2.30. The van der Waals surface area contributed by atoms with E-state index in [4.69, 9.17) is 11.2 Å². The Hall–Kier alpha value is -2.74. The number of aromatic nitrogens is 2. The van der Waals surface area contributed by atoms with Crippen molar-refractivity contribution >= 4 is 0 Å². The van der Waals surface area contributed by atoms with Crippen LogP contribution in [0.2, 0.25) is 0 Å². The maximum Gasteiger partial charge on any atom is 0.317 e. The first-order valence-electron chi connectivity index (χ1n) is 6.02. The molecule has 0 atom stereocenters. The van der Waals surface area contributed by atoms with Crippen LogP contribution < -0.4 is 15.9 Å². The van der Waals surface area contributed by atoms with Crippen molar-refractivity contribution < 1.29 is 4.74 Å². The molecule has 20 heavy (non-hydrogen) atoms. The van der Waals surface area contributed by atoms with Gasteiger partial charge in [-0.05, 0) is 17.7 Å². The van der Waals surface area contributed by atoms with E-state index in [-0.39, 0.29) is 6.54 Å². The summed E-state index contributed by atoms with van der Waals surface area (Å²) in [6.45, 7) is 0.423. The normalized spacial score (nSPS) is 10.0. The molecular weight excluding hydrogens is 256 g/mol. The molecule has 102 valence electrons. The highest BCUT2D eigenvalue weighted by Crippen LogP contribution is 2.11. The molecule has 0 saturated heterocycles. The van der Waals surface area contributed by atoms with Gasteiger partial charge in [0.05, 0.1) is 20.2 Å². The Kier molecular flexibility index (Phi) is 4.06. The Labute approximate surface area is 116 Å². The summed E-state index contributed by atoms with van der Waals surface area (Å²) in [5.74, 6) is 3.08. The van der Waals surface area contributed by atoms with E-state index in [9.17, 15) is 9.59 Å². The average molecular weight is 270 g/mol. The van der Waals surface area contributed by atoms with Crippen molar-refractivity contribution in [3.8, 4) is 18.1 Å². The van der Waals surface area contributed by atoms with Gasteiger partial charge in [-0.3, -0.25) is 14.2 Å². The summed E-state index contributed by atoms with van der Waals surface area (Å²) in [5, 5.41) is 0. The molecule has 1 heterocycles. The fourth-order valence-electron chi connectivity index (χ4n) is 1.82. The van der Waals surface area contributed by atoms with E-state index >= 15 is 0 Å². The van der Waals surface area contributed by atoms with Gasteiger partial charge in [-0.15, -0.1) is 6.42 Å². The van der Waals surface area contributed by atoms with Crippen LogP contribution >= 0.6 is 0 Å². The van der Waals surface area contributed by atoms with Gasteiger partial charge in [-0.1, -0.05) is 18.1 Å². The molecule has 0 spiro atoms. The maximum absolute atomic E-state index is 11.9. The Morgan fingerprint density at radius 1 is 1.10 bits per heavy atom. The number of hydrogen-bond acceptors (Lipinski definition) is 3. The summed E-state index contributed by atoms with van der Waals surface area (Å²) >= 11 is 0. The minimum absolute atomic E-state index is 0.0947. The first-order valence-corrected chi connectivity index (χ1v) is 6.02. The van der Waals surface area contributed by atoms with Gasteiger partial charge >= 0.3 is 11.1 Å². The standard InChI is InChI=1S/C15H14N2O3/c1-3-8-16-9-10-17(15(19)14(16)18)11-12-4-6-13(20-2)7-5-12/h1,4-7,9-10H,8,11H2,2H3. The summed E-state index contributed by atoms with van der Waals surface area (Å²) in [6, 6.07) is 7.30. The summed E-state index contributed by atoms with van der Waals surface area (Å²) < 4.78 is 7.64. The zero-order chi connectivity index (χ0) is 14.5. The minimum atomic E-state index is -0.612. The molecule has 0 unspecified atom stereocenters. The molecule has 5 nitrogen and oxygen atoms in total. The number of benzene rings is 1. The first-order chi connectivity index (χ1) is 9.65. The molecule has 0 saturated carbocycles. The second-order valence-corrected chi connectivity index (χ2v) is 4.22. The van der Waals surface area contributed by atoms with Crippen molar-refractivity contribution in [3.63, 3.8) is 0 Å². The second kappa shape index (κ2) is 5.93. The quantitative estimate of drug-likeness (QED) is 0.607. The van der Waals surface area contributed by atoms with Gasteiger partial charge in [0.15, 0.2) is 0 Å². The second-order valence-electron chi connectivity index (χ2n) is 4.22. The molecule has 0 aliphatic rings. The molecule has 1 aromatic carbocycles. The van der Waals surface area contributed by atoms with E-state index in [0.29, 0.717) is 6.54 Å². The Morgan fingerprint density at radius 2 is 1.70 bits per heavy atom. The third-order valence-electron chi connectivity index (χ3n) is 2.90. The smallest absolute Gasteiger partial charge is 0.317 e. The summed E-state index contributed by atoms with van der Waals surface area (Å²) in [7, 11) is 1.59. The van der Waals surface area contributed by atoms with Crippen LogP contribution in [0, 0.1) is 12.3 Å². The highest BCUT2D eigenvalue weighted by atomic mass is 16.5. The molecule has 1 aromatic heterocycles. The van der Waals surface area contributed by atoms with Crippen molar-refractivity contribution in [1.29, 1.82) is 0 Å². The van der Waals surface area contributed by atoms with E-state index in [1.165, 1.54) is 15.3 Å². The van der Waals surface area contributed by atoms with Gasteiger partial charge < -0.3 is 9.30 Å². The van der Waals surface area contributed by atoms with E-state index in [1.807, 2.05) is 12.1 Å². The van der Waals surface area contributed by atoms with Crippen molar-refractivity contribution in [2.75, 3.05) is 7.11 Å². The number of terminal acetylenes is 1. The molecule has 0 N–H and O–H groups in total. The monoisotopic (exact) mass is 270 g/mol. The van der Waals surface area contributed by atoms with Gasteiger partial charge in [-0.2, -0.15) is 0 Å². The fourth-order valence-corrected chi connectivity index (χ4v) is 1.82. The number of rotatable bonds is 4. The van der Waals surface area contributed by atoms with Crippen LogP contribution in [0.25, 0.3) is 0 Å². The molecule has 0 amide bonds. The van der Waals surface area contributed by atoms with Crippen LogP contribution in [-0.4, -0.2) is 16.2 Å². The highest BCUT2D eigenvalue weighted by molar-refractivity contribution is 5.27. The molecule has 2 aromatic rings. The third kappa shape index (κ3) is 2.81. The van der Waals surface area contributed by atoms with Gasteiger partial charge in [-0.25, -0.2) is 0 Å². The molecule has 5 heteroatoms. The van der Waals surface area contributed by atoms with E-state index in [2.05, 4.69) is 5.92 Å². The van der Waals surface area contributed by atoms with E-state index in [1.54, 1.807) is 25.4 Å². The molecular formula is C15H14N2O3. The van der Waals surface area contributed by atoms with Crippen molar-refractivity contribution in [1.82, 2.24) is 9.13 Å². The van der Waals surface area contributed by atoms with Crippen molar-refractivity contribution in [2.24, 2.45) is 0 Å². The zero-order valence-corrected chi connectivity index (χ0v) is 11.1. The lowest BCUT2D eigenvalue weighted by Gasteiger charge is -2.08. The summed E-state index contributed by atoms with van der Waals surface area (Å²) in [5.41, 5.74) is -0.292. The fraction of sp³-hybridized carbons (Fsp3) is 0.200. The lowest BCUT2D eigenvalue weighted by atomic mass is 10.2. The largest absolute Gasteiger partial charge is 0.497 e. The van der Waals surface area contributed by atoms with Crippen LogP contribution in [0.3, 0.4) is 0 Å². The molecule has 0 aliphatic heterocycles. The predicted molar refractivity (Wildman–Crippen MR) is 75.9 cm³/mol. The van der Waals surface area contributed by atoms with Crippen LogP contribution in [0.15, 0.2) is 46.2 Å².